The molecule has 0 saturated carbocycles. The van der Waals surface area contributed by atoms with Crippen LogP contribution in [0.5, 0.6) is 5.75 Å². The lowest BCUT2D eigenvalue weighted by Gasteiger charge is -2.07. The fourth-order valence-electron chi connectivity index (χ4n) is 1.70. The summed E-state index contributed by atoms with van der Waals surface area (Å²) in [5.41, 5.74) is 0.764. The highest BCUT2D eigenvalue weighted by atomic mass is 79.9. The summed E-state index contributed by atoms with van der Waals surface area (Å²) in [7, 11) is -2.20. The van der Waals surface area contributed by atoms with Crippen LogP contribution in [0.3, 0.4) is 0 Å². The normalized spacial score (nSPS) is 11.6. The second-order valence-corrected chi connectivity index (χ2v) is 6.64. The number of benzene rings is 1. The molecule has 21 heavy (non-hydrogen) atoms. The van der Waals surface area contributed by atoms with Crippen molar-refractivity contribution in [3.05, 3.63) is 46.3 Å². The van der Waals surface area contributed by atoms with Crippen molar-refractivity contribution in [1.29, 1.82) is 0 Å². The molecule has 1 heterocycles. The summed E-state index contributed by atoms with van der Waals surface area (Å²) in [5.74, 6) is 0.822. The molecule has 0 radical (unpaired) electrons. The lowest BCUT2D eigenvalue weighted by Crippen LogP contribution is -2.23. The Balaban J connectivity index is 2.15. The first-order valence-corrected chi connectivity index (χ1v) is 8.25. The molecule has 0 atom stereocenters. The minimum absolute atomic E-state index is 0.0468. The first kappa shape index (κ1) is 16.0. The number of halogens is 1. The monoisotopic (exact) mass is 375 g/mol. The first-order chi connectivity index (χ1) is 9.96. The highest BCUT2D eigenvalue weighted by Gasteiger charge is 2.22. The smallest absolute Gasteiger partial charge is 0.245 e. The molecule has 0 saturated heterocycles. The van der Waals surface area contributed by atoms with Crippen LogP contribution in [0.2, 0.25) is 0 Å². The van der Waals surface area contributed by atoms with Gasteiger partial charge in [0.05, 0.1) is 7.11 Å². The number of ether oxygens (including phenoxy) is 1. The van der Waals surface area contributed by atoms with E-state index in [2.05, 4.69) is 20.7 Å². The zero-order valence-electron chi connectivity index (χ0n) is 11.2. The van der Waals surface area contributed by atoms with E-state index in [1.165, 1.54) is 6.07 Å². The van der Waals surface area contributed by atoms with E-state index in [1.807, 2.05) is 0 Å². The summed E-state index contributed by atoms with van der Waals surface area (Å²) in [5, 5.41) is 8.96. The summed E-state index contributed by atoms with van der Waals surface area (Å²) in [6.45, 7) is -0.254. The maximum absolute atomic E-state index is 12.2. The topological polar surface area (TPSA) is 88.8 Å². The average Bonchev–Trinajstić information content (AvgIpc) is 2.87. The fourth-order valence-corrected chi connectivity index (χ4v) is 3.71. The van der Waals surface area contributed by atoms with Crippen LogP contribution in [0, 0.1) is 0 Å². The van der Waals surface area contributed by atoms with Crippen LogP contribution in [0.15, 0.2) is 44.3 Å². The Bertz CT molecular complexity index is 726. The zero-order chi connectivity index (χ0) is 15.5. The van der Waals surface area contributed by atoms with Gasteiger partial charge in [-0.25, -0.2) is 13.1 Å². The Kier molecular flexibility index (Phi) is 5.04. The molecule has 0 aliphatic rings. The molecular weight excluding hydrogens is 362 g/mol. The third-order valence-electron chi connectivity index (χ3n) is 2.75. The Labute approximate surface area is 130 Å². The number of hydrogen-bond donors (Lipinski definition) is 2. The Morgan fingerprint density at radius 3 is 2.76 bits per heavy atom. The molecule has 2 aromatic rings. The molecule has 0 spiro atoms. The average molecular weight is 376 g/mol. The summed E-state index contributed by atoms with van der Waals surface area (Å²) in [6, 6.07) is 8.36. The van der Waals surface area contributed by atoms with Crippen molar-refractivity contribution < 1.29 is 22.7 Å². The molecule has 1 aromatic carbocycles. The third-order valence-corrected chi connectivity index (χ3v) is 5.01. The van der Waals surface area contributed by atoms with Crippen molar-refractivity contribution in [2.24, 2.45) is 0 Å². The number of aliphatic hydroxyl groups excluding tert-OH is 1. The van der Waals surface area contributed by atoms with E-state index in [4.69, 9.17) is 14.3 Å². The lowest BCUT2D eigenvalue weighted by atomic mass is 10.2. The summed E-state index contributed by atoms with van der Waals surface area (Å²) < 4.78 is 37.1. The van der Waals surface area contributed by atoms with Crippen LogP contribution in [-0.4, -0.2) is 20.6 Å². The second kappa shape index (κ2) is 6.61. The molecule has 2 N–H and O–H groups in total. The zero-order valence-corrected chi connectivity index (χ0v) is 13.6. The quantitative estimate of drug-likeness (QED) is 0.805. The minimum atomic E-state index is -3.74. The van der Waals surface area contributed by atoms with E-state index in [1.54, 1.807) is 31.4 Å². The van der Waals surface area contributed by atoms with Gasteiger partial charge < -0.3 is 14.3 Å². The van der Waals surface area contributed by atoms with Gasteiger partial charge in [-0.15, -0.1) is 0 Å². The molecule has 1 aromatic heterocycles. The van der Waals surface area contributed by atoms with E-state index in [0.29, 0.717) is 5.75 Å². The highest BCUT2D eigenvalue weighted by Crippen LogP contribution is 2.26. The first-order valence-electron chi connectivity index (χ1n) is 5.98. The Morgan fingerprint density at radius 1 is 1.38 bits per heavy atom. The standard InChI is InChI=1S/C13H14BrNO5S/c1-19-10-4-2-3-9(5-10)7-15-21(17,18)12-6-11(8-16)20-13(12)14/h2-6,15-16H,7-8H2,1H3. The maximum Gasteiger partial charge on any atom is 0.245 e. The Hall–Kier alpha value is -1.35. The van der Waals surface area contributed by atoms with Gasteiger partial charge in [-0.2, -0.15) is 0 Å². The summed E-state index contributed by atoms with van der Waals surface area (Å²) in [4.78, 5) is -0.0468. The van der Waals surface area contributed by atoms with Crippen LogP contribution in [0.4, 0.5) is 0 Å². The number of aliphatic hydroxyl groups is 1. The van der Waals surface area contributed by atoms with Gasteiger partial charge >= 0.3 is 0 Å². The van der Waals surface area contributed by atoms with Crippen LogP contribution in [0.1, 0.15) is 11.3 Å². The number of methoxy groups -OCH3 is 1. The third kappa shape index (κ3) is 3.85. The minimum Gasteiger partial charge on any atom is -0.497 e. The van der Waals surface area contributed by atoms with E-state index in [-0.39, 0.29) is 28.5 Å². The molecule has 0 aliphatic heterocycles. The fraction of sp³-hybridized carbons (Fsp3) is 0.231. The van der Waals surface area contributed by atoms with E-state index < -0.39 is 10.0 Å². The predicted molar refractivity (Wildman–Crippen MR) is 79.4 cm³/mol. The van der Waals surface area contributed by atoms with Crippen molar-refractivity contribution in [1.82, 2.24) is 4.72 Å². The number of sulfonamides is 1. The van der Waals surface area contributed by atoms with Crippen LogP contribution in [-0.2, 0) is 23.2 Å². The van der Waals surface area contributed by atoms with Crippen molar-refractivity contribution in [3.8, 4) is 5.75 Å². The van der Waals surface area contributed by atoms with Gasteiger partial charge in [0, 0.05) is 12.6 Å². The lowest BCUT2D eigenvalue weighted by molar-refractivity contribution is 0.245. The van der Waals surface area contributed by atoms with Crippen molar-refractivity contribution in [3.63, 3.8) is 0 Å². The second-order valence-electron chi connectivity index (χ2n) is 4.18. The molecule has 114 valence electrons. The van der Waals surface area contributed by atoms with Crippen LogP contribution < -0.4 is 9.46 Å². The molecular formula is C13H14BrNO5S. The van der Waals surface area contributed by atoms with Crippen LogP contribution >= 0.6 is 15.9 Å². The largest absolute Gasteiger partial charge is 0.497 e. The van der Waals surface area contributed by atoms with Gasteiger partial charge in [0.15, 0.2) is 4.67 Å². The van der Waals surface area contributed by atoms with Gasteiger partial charge in [0.2, 0.25) is 10.0 Å². The maximum atomic E-state index is 12.2. The molecule has 0 bridgehead atoms. The SMILES string of the molecule is COc1cccc(CNS(=O)(=O)c2cc(CO)oc2Br)c1. The molecule has 0 fully saturated rings. The molecule has 0 amide bonds. The molecule has 0 aliphatic carbocycles. The van der Waals surface area contributed by atoms with Crippen molar-refractivity contribution in [2.45, 2.75) is 18.0 Å². The molecule has 2 rings (SSSR count). The predicted octanol–water partition coefficient (Wildman–Crippen LogP) is 2.02. The van der Waals surface area contributed by atoms with E-state index in [9.17, 15) is 8.42 Å². The van der Waals surface area contributed by atoms with Gasteiger partial charge in [0.1, 0.15) is 23.0 Å². The van der Waals surface area contributed by atoms with Gasteiger partial charge in [-0.1, -0.05) is 12.1 Å². The molecule has 6 nitrogen and oxygen atoms in total. The van der Waals surface area contributed by atoms with Crippen LogP contribution in [0.25, 0.3) is 0 Å². The summed E-state index contributed by atoms with van der Waals surface area (Å²) >= 11 is 3.03. The van der Waals surface area contributed by atoms with Gasteiger partial charge in [0.25, 0.3) is 0 Å². The van der Waals surface area contributed by atoms with E-state index in [0.717, 1.165) is 5.56 Å². The van der Waals surface area contributed by atoms with Gasteiger partial charge in [-0.05, 0) is 33.6 Å². The van der Waals surface area contributed by atoms with Crippen molar-refractivity contribution in [2.75, 3.05) is 7.11 Å². The van der Waals surface area contributed by atoms with Gasteiger partial charge in [-0.3, -0.25) is 0 Å². The number of nitrogens with one attached hydrogen (secondary N) is 1. The highest BCUT2D eigenvalue weighted by molar-refractivity contribution is 9.10. The number of hydrogen-bond acceptors (Lipinski definition) is 5. The Morgan fingerprint density at radius 2 is 2.14 bits per heavy atom. The van der Waals surface area contributed by atoms with E-state index >= 15 is 0 Å². The molecule has 0 unspecified atom stereocenters. The summed E-state index contributed by atoms with van der Waals surface area (Å²) in [6.07, 6.45) is 0. The number of furan rings is 1. The van der Waals surface area contributed by atoms with Crippen molar-refractivity contribution >= 4 is 26.0 Å². The number of rotatable bonds is 6. The molecule has 8 heteroatoms.